The number of likely N-dealkylation sites (N-methyl/N-ethyl adjacent to an activating group) is 1. The van der Waals surface area contributed by atoms with Gasteiger partial charge in [0.1, 0.15) is 5.69 Å². The highest BCUT2D eigenvalue weighted by molar-refractivity contribution is 6.05. The summed E-state index contributed by atoms with van der Waals surface area (Å²) in [6.07, 6.45) is 0. The van der Waals surface area contributed by atoms with Gasteiger partial charge in [-0.25, -0.2) is 0 Å². The summed E-state index contributed by atoms with van der Waals surface area (Å²) in [5.74, 6) is -0.915. The lowest BCUT2D eigenvalue weighted by Crippen LogP contribution is -2.40. The molecule has 0 radical (unpaired) electrons. The first-order chi connectivity index (χ1) is 7.56. The van der Waals surface area contributed by atoms with E-state index >= 15 is 0 Å². The largest absolute Gasteiger partial charge is 0.395 e. The Bertz CT molecular complexity index is 465. The molecule has 7 heteroatoms. The second kappa shape index (κ2) is 3.51. The van der Waals surface area contributed by atoms with E-state index in [9.17, 15) is 9.59 Å². The van der Waals surface area contributed by atoms with E-state index in [0.29, 0.717) is 19.6 Å². The second-order valence-corrected chi connectivity index (χ2v) is 3.58. The normalized spacial score (nSPS) is 15.1. The summed E-state index contributed by atoms with van der Waals surface area (Å²) in [6.45, 7) is 3.60. The van der Waals surface area contributed by atoms with Crippen LogP contribution in [0.2, 0.25) is 0 Å². The lowest BCUT2D eigenvalue weighted by Gasteiger charge is -2.26. The summed E-state index contributed by atoms with van der Waals surface area (Å²) in [4.78, 5) is 24.6. The van der Waals surface area contributed by atoms with Crippen molar-refractivity contribution in [3.05, 3.63) is 11.4 Å². The summed E-state index contributed by atoms with van der Waals surface area (Å²) < 4.78 is 1.45. The van der Waals surface area contributed by atoms with Gasteiger partial charge in [-0.1, -0.05) is 0 Å². The molecular weight excluding hydrogens is 210 g/mol. The summed E-state index contributed by atoms with van der Waals surface area (Å²) in [5, 5.41) is 3.94. The monoisotopic (exact) mass is 223 g/mol. The fourth-order valence-corrected chi connectivity index (χ4v) is 1.81. The van der Waals surface area contributed by atoms with Gasteiger partial charge in [-0.2, -0.15) is 5.10 Å². The van der Waals surface area contributed by atoms with Crippen molar-refractivity contribution in [2.45, 2.75) is 13.5 Å². The maximum atomic E-state index is 11.9. The van der Waals surface area contributed by atoms with Gasteiger partial charge in [0.05, 0.1) is 12.2 Å². The molecule has 2 heterocycles. The molecule has 0 bridgehead atoms. The number of amides is 2. The molecule has 16 heavy (non-hydrogen) atoms. The Kier molecular flexibility index (Phi) is 2.30. The molecule has 0 saturated heterocycles. The van der Waals surface area contributed by atoms with Gasteiger partial charge in [-0.05, 0) is 6.92 Å². The van der Waals surface area contributed by atoms with Crippen molar-refractivity contribution >= 4 is 17.5 Å². The summed E-state index contributed by atoms with van der Waals surface area (Å²) in [6, 6.07) is 0. The van der Waals surface area contributed by atoms with Gasteiger partial charge in [-0.15, -0.1) is 0 Å². The molecular formula is C9H13N5O2. The Balaban J connectivity index is 2.51. The van der Waals surface area contributed by atoms with Crippen LogP contribution in [0.5, 0.6) is 0 Å². The number of hydrogen-bond donors (Lipinski definition) is 2. The van der Waals surface area contributed by atoms with Crippen LogP contribution >= 0.6 is 0 Å². The molecule has 86 valence electrons. The average molecular weight is 223 g/mol. The van der Waals surface area contributed by atoms with E-state index < -0.39 is 5.91 Å². The third-order valence-electron chi connectivity index (χ3n) is 2.68. The topological polar surface area (TPSA) is 107 Å². The minimum atomic E-state index is -0.713. The van der Waals surface area contributed by atoms with Gasteiger partial charge in [0.25, 0.3) is 11.8 Å². The van der Waals surface area contributed by atoms with Gasteiger partial charge in [-0.3, -0.25) is 14.3 Å². The van der Waals surface area contributed by atoms with Gasteiger partial charge in [0.15, 0.2) is 5.69 Å². The SMILES string of the molecule is CCN1CCn2nc(C(N)=O)c(N)c2C1=O. The summed E-state index contributed by atoms with van der Waals surface area (Å²) in [5.41, 5.74) is 11.1. The lowest BCUT2D eigenvalue weighted by molar-refractivity contribution is 0.0708. The number of rotatable bonds is 2. The van der Waals surface area contributed by atoms with Crippen LogP contribution in [0.1, 0.15) is 27.9 Å². The van der Waals surface area contributed by atoms with Crippen molar-refractivity contribution < 1.29 is 9.59 Å². The zero-order valence-corrected chi connectivity index (χ0v) is 8.93. The number of nitrogen functional groups attached to an aromatic ring is 1. The average Bonchev–Trinajstić information content (AvgIpc) is 2.57. The van der Waals surface area contributed by atoms with E-state index in [0.717, 1.165) is 0 Å². The predicted molar refractivity (Wildman–Crippen MR) is 56.7 cm³/mol. The van der Waals surface area contributed by atoms with Crippen LogP contribution in [0.15, 0.2) is 0 Å². The van der Waals surface area contributed by atoms with Crippen LogP contribution in [-0.4, -0.2) is 39.6 Å². The second-order valence-electron chi connectivity index (χ2n) is 3.58. The van der Waals surface area contributed by atoms with E-state index in [1.54, 1.807) is 4.90 Å². The molecule has 0 unspecified atom stereocenters. The van der Waals surface area contributed by atoms with Crippen molar-refractivity contribution in [1.29, 1.82) is 0 Å². The third kappa shape index (κ3) is 1.32. The van der Waals surface area contributed by atoms with E-state index in [1.807, 2.05) is 6.92 Å². The quantitative estimate of drug-likeness (QED) is 0.673. The van der Waals surface area contributed by atoms with Crippen molar-refractivity contribution in [1.82, 2.24) is 14.7 Å². The van der Waals surface area contributed by atoms with Crippen LogP contribution in [0.25, 0.3) is 0 Å². The van der Waals surface area contributed by atoms with E-state index in [4.69, 9.17) is 11.5 Å². The molecule has 7 nitrogen and oxygen atoms in total. The van der Waals surface area contributed by atoms with Gasteiger partial charge >= 0.3 is 0 Å². The molecule has 1 aliphatic heterocycles. The Morgan fingerprint density at radius 1 is 1.50 bits per heavy atom. The zero-order valence-electron chi connectivity index (χ0n) is 8.93. The van der Waals surface area contributed by atoms with E-state index in [2.05, 4.69) is 5.10 Å². The van der Waals surface area contributed by atoms with Crippen molar-refractivity contribution in [3.63, 3.8) is 0 Å². The molecule has 0 aromatic carbocycles. The van der Waals surface area contributed by atoms with Crippen molar-refractivity contribution in [2.75, 3.05) is 18.8 Å². The number of aromatic nitrogens is 2. The molecule has 0 saturated carbocycles. The molecule has 0 aliphatic carbocycles. The highest BCUT2D eigenvalue weighted by atomic mass is 16.2. The first kappa shape index (κ1) is 10.5. The van der Waals surface area contributed by atoms with Gasteiger partial charge in [0.2, 0.25) is 0 Å². The minimum Gasteiger partial charge on any atom is -0.395 e. The molecule has 0 spiro atoms. The number of nitrogens with zero attached hydrogens (tertiary/aromatic N) is 3. The molecule has 0 atom stereocenters. The molecule has 2 rings (SSSR count). The molecule has 4 N–H and O–H groups in total. The first-order valence-corrected chi connectivity index (χ1v) is 5.01. The number of carbonyl (C=O) groups is 2. The molecule has 1 aromatic rings. The Labute approximate surface area is 92.0 Å². The molecule has 2 amide bonds. The summed E-state index contributed by atoms with van der Waals surface area (Å²) in [7, 11) is 0. The first-order valence-electron chi connectivity index (χ1n) is 5.01. The molecule has 1 aliphatic rings. The van der Waals surface area contributed by atoms with Gasteiger partial charge in [0, 0.05) is 13.1 Å². The highest BCUT2D eigenvalue weighted by Crippen LogP contribution is 2.21. The molecule has 1 aromatic heterocycles. The standard InChI is InChI=1S/C9H13N5O2/c1-2-13-3-4-14-7(9(13)16)5(10)6(12-14)8(11)15/h2-4,10H2,1H3,(H2,11,15). The Morgan fingerprint density at radius 3 is 2.75 bits per heavy atom. The van der Waals surface area contributed by atoms with Crippen molar-refractivity contribution in [3.8, 4) is 0 Å². The number of anilines is 1. The van der Waals surface area contributed by atoms with Crippen LogP contribution < -0.4 is 11.5 Å². The smallest absolute Gasteiger partial charge is 0.274 e. The maximum Gasteiger partial charge on any atom is 0.274 e. The molecule has 0 fully saturated rings. The fourth-order valence-electron chi connectivity index (χ4n) is 1.81. The van der Waals surface area contributed by atoms with Crippen LogP contribution in [0.3, 0.4) is 0 Å². The number of primary amides is 1. The number of fused-ring (bicyclic) bond motifs is 1. The van der Waals surface area contributed by atoms with Crippen LogP contribution in [0, 0.1) is 0 Å². The zero-order chi connectivity index (χ0) is 11.9. The Morgan fingerprint density at radius 2 is 2.19 bits per heavy atom. The predicted octanol–water partition coefficient (Wildman–Crippen LogP) is -0.960. The fraction of sp³-hybridized carbons (Fsp3) is 0.444. The van der Waals surface area contributed by atoms with E-state index in [1.165, 1.54) is 4.68 Å². The third-order valence-corrected chi connectivity index (χ3v) is 2.68. The lowest BCUT2D eigenvalue weighted by atomic mass is 10.2. The highest BCUT2D eigenvalue weighted by Gasteiger charge is 2.30. The minimum absolute atomic E-state index is 0.0266. The summed E-state index contributed by atoms with van der Waals surface area (Å²) >= 11 is 0. The van der Waals surface area contributed by atoms with E-state index in [-0.39, 0.29) is 23.0 Å². The maximum absolute atomic E-state index is 11.9. The number of carbonyl (C=O) groups excluding carboxylic acids is 2. The van der Waals surface area contributed by atoms with Crippen LogP contribution in [-0.2, 0) is 6.54 Å². The van der Waals surface area contributed by atoms with Gasteiger partial charge < -0.3 is 16.4 Å². The number of hydrogen-bond acceptors (Lipinski definition) is 4. The Hall–Kier alpha value is -2.05. The number of nitrogens with two attached hydrogens (primary N) is 2. The van der Waals surface area contributed by atoms with Crippen LogP contribution in [0.4, 0.5) is 5.69 Å². The van der Waals surface area contributed by atoms with Crippen molar-refractivity contribution in [2.24, 2.45) is 5.73 Å².